The van der Waals surface area contributed by atoms with Gasteiger partial charge in [0, 0.05) is 6.07 Å². The fourth-order valence-electron chi connectivity index (χ4n) is 1.88. The van der Waals surface area contributed by atoms with E-state index in [4.69, 9.17) is 5.26 Å². The van der Waals surface area contributed by atoms with E-state index < -0.39 is 11.6 Å². The van der Waals surface area contributed by atoms with Gasteiger partial charge in [-0.2, -0.15) is 5.26 Å². The molecule has 0 amide bonds. The van der Waals surface area contributed by atoms with Crippen LogP contribution in [0.5, 0.6) is 0 Å². The van der Waals surface area contributed by atoms with E-state index in [1.165, 1.54) is 12.1 Å². The Labute approximate surface area is 104 Å². The molecule has 0 aliphatic rings. The minimum absolute atomic E-state index is 0.337. The SMILES string of the molecule is Cc1cc(-c2cc(F)cc(F)c2)ccc1CC#N. The first-order valence-corrected chi connectivity index (χ1v) is 5.53. The molecule has 1 nitrogen and oxygen atoms in total. The summed E-state index contributed by atoms with van der Waals surface area (Å²) in [7, 11) is 0. The van der Waals surface area contributed by atoms with Crippen LogP contribution in [-0.4, -0.2) is 0 Å². The van der Waals surface area contributed by atoms with Gasteiger partial charge in [0.25, 0.3) is 0 Å². The van der Waals surface area contributed by atoms with Gasteiger partial charge >= 0.3 is 0 Å². The Morgan fingerprint density at radius 3 is 2.22 bits per heavy atom. The molecule has 0 aromatic heterocycles. The van der Waals surface area contributed by atoms with Gasteiger partial charge in [-0.15, -0.1) is 0 Å². The van der Waals surface area contributed by atoms with Crippen molar-refractivity contribution in [2.45, 2.75) is 13.3 Å². The van der Waals surface area contributed by atoms with Crippen LogP contribution in [0.4, 0.5) is 8.78 Å². The maximum Gasteiger partial charge on any atom is 0.126 e. The standard InChI is InChI=1S/C15H11F2N/c1-10-6-12(3-2-11(10)4-5-18)13-7-14(16)9-15(17)8-13/h2-3,6-9H,4H2,1H3. The van der Waals surface area contributed by atoms with Gasteiger partial charge in [-0.05, 0) is 41.3 Å². The normalized spacial score (nSPS) is 10.1. The van der Waals surface area contributed by atoms with Gasteiger partial charge in [0.15, 0.2) is 0 Å². The zero-order valence-electron chi connectivity index (χ0n) is 9.87. The highest BCUT2D eigenvalue weighted by Crippen LogP contribution is 2.24. The van der Waals surface area contributed by atoms with Gasteiger partial charge in [0.1, 0.15) is 11.6 Å². The molecular formula is C15H11F2N. The van der Waals surface area contributed by atoms with Crippen LogP contribution in [0.3, 0.4) is 0 Å². The topological polar surface area (TPSA) is 23.8 Å². The van der Waals surface area contributed by atoms with Crippen LogP contribution >= 0.6 is 0 Å². The maximum atomic E-state index is 13.1. The van der Waals surface area contributed by atoms with Crippen LogP contribution in [0.1, 0.15) is 11.1 Å². The molecule has 2 aromatic carbocycles. The van der Waals surface area contributed by atoms with E-state index in [-0.39, 0.29) is 0 Å². The Bertz CT molecular complexity index is 607. The van der Waals surface area contributed by atoms with Crippen molar-refractivity contribution in [3.8, 4) is 17.2 Å². The van der Waals surface area contributed by atoms with E-state index in [9.17, 15) is 8.78 Å². The first-order valence-electron chi connectivity index (χ1n) is 5.53. The van der Waals surface area contributed by atoms with E-state index in [2.05, 4.69) is 6.07 Å². The maximum absolute atomic E-state index is 13.1. The Morgan fingerprint density at radius 1 is 1.00 bits per heavy atom. The average molecular weight is 243 g/mol. The van der Waals surface area contributed by atoms with Gasteiger partial charge in [0.2, 0.25) is 0 Å². The molecular weight excluding hydrogens is 232 g/mol. The second kappa shape index (κ2) is 4.97. The lowest BCUT2D eigenvalue weighted by atomic mass is 9.98. The van der Waals surface area contributed by atoms with Crippen molar-refractivity contribution in [1.82, 2.24) is 0 Å². The number of aryl methyl sites for hydroxylation is 1. The number of benzene rings is 2. The summed E-state index contributed by atoms with van der Waals surface area (Å²) in [4.78, 5) is 0. The zero-order chi connectivity index (χ0) is 13.1. The van der Waals surface area contributed by atoms with Crippen LogP contribution in [0.15, 0.2) is 36.4 Å². The third-order valence-electron chi connectivity index (χ3n) is 2.81. The summed E-state index contributed by atoms with van der Waals surface area (Å²) in [6.07, 6.45) is 0.337. The van der Waals surface area contributed by atoms with Crippen molar-refractivity contribution in [2.24, 2.45) is 0 Å². The fourth-order valence-corrected chi connectivity index (χ4v) is 1.88. The third kappa shape index (κ3) is 2.54. The van der Waals surface area contributed by atoms with Crippen molar-refractivity contribution >= 4 is 0 Å². The van der Waals surface area contributed by atoms with Crippen molar-refractivity contribution in [1.29, 1.82) is 5.26 Å². The number of nitriles is 1. The lowest BCUT2D eigenvalue weighted by Crippen LogP contribution is -1.90. The number of hydrogen-bond acceptors (Lipinski definition) is 1. The van der Waals surface area contributed by atoms with Crippen LogP contribution in [0.25, 0.3) is 11.1 Å². The molecule has 0 saturated heterocycles. The minimum atomic E-state index is -0.594. The predicted octanol–water partition coefficient (Wildman–Crippen LogP) is 4.01. The summed E-state index contributed by atoms with van der Waals surface area (Å²) in [5.74, 6) is -1.19. The van der Waals surface area contributed by atoms with Gasteiger partial charge in [0.05, 0.1) is 12.5 Å². The van der Waals surface area contributed by atoms with Gasteiger partial charge in [-0.3, -0.25) is 0 Å². The molecule has 0 bridgehead atoms. The molecule has 0 spiro atoms. The average Bonchev–Trinajstić information content (AvgIpc) is 2.30. The van der Waals surface area contributed by atoms with E-state index >= 15 is 0 Å². The summed E-state index contributed by atoms with van der Waals surface area (Å²) >= 11 is 0. The summed E-state index contributed by atoms with van der Waals surface area (Å²) in [6.45, 7) is 1.88. The second-order valence-corrected chi connectivity index (χ2v) is 4.13. The highest BCUT2D eigenvalue weighted by atomic mass is 19.1. The smallest absolute Gasteiger partial charge is 0.126 e. The molecule has 0 heterocycles. The van der Waals surface area contributed by atoms with Gasteiger partial charge in [-0.25, -0.2) is 8.78 Å². The summed E-state index contributed by atoms with van der Waals surface area (Å²) < 4.78 is 26.3. The Morgan fingerprint density at radius 2 is 1.67 bits per heavy atom. The summed E-state index contributed by atoms with van der Waals surface area (Å²) in [6, 6.07) is 10.9. The minimum Gasteiger partial charge on any atom is -0.207 e. The second-order valence-electron chi connectivity index (χ2n) is 4.13. The lowest BCUT2D eigenvalue weighted by Gasteiger charge is -2.07. The highest BCUT2D eigenvalue weighted by Gasteiger charge is 2.05. The Hall–Kier alpha value is -2.21. The van der Waals surface area contributed by atoms with E-state index in [1.54, 1.807) is 6.07 Å². The third-order valence-corrected chi connectivity index (χ3v) is 2.81. The van der Waals surface area contributed by atoms with E-state index in [1.807, 2.05) is 19.1 Å². The Balaban J connectivity index is 2.46. The highest BCUT2D eigenvalue weighted by molar-refractivity contribution is 5.65. The Kier molecular flexibility index (Phi) is 3.38. The molecule has 0 N–H and O–H groups in total. The van der Waals surface area contributed by atoms with Crippen LogP contribution in [0.2, 0.25) is 0 Å². The molecule has 0 atom stereocenters. The molecule has 0 aliphatic heterocycles. The molecule has 0 saturated carbocycles. The summed E-state index contributed by atoms with van der Waals surface area (Å²) in [5, 5.41) is 8.65. The number of rotatable bonds is 2. The molecule has 2 aromatic rings. The summed E-state index contributed by atoms with van der Waals surface area (Å²) in [5.41, 5.74) is 3.11. The van der Waals surface area contributed by atoms with Crippen molar-refractivity contribution in [2.75, 3.05) is 0 Å². The molecule has 0 aliphatic carbocycles. The van der Waals surface area contributed by atoms with Gasteiger partial charge in [-0.1, -0.05) is 18.2 Å². The number of hydrogen-bond donors (Lipinski definition) is 0. The van der Waals surface area contributed by atoms with Gasteiger partial charge < -0.3 is 0 Å². The van der Waals surface area contributed by atoms with E-state index in [0.717, 1.165) is 22.8 Å². The molecule has 90 valence electrons. The first kappa shape index (κ1) is 12.3. The predicted molar refractivity (Wildman–Crippen MR) is 65.8 cm³/mol. The monoisotopic (exact) mass is 243 g/mol. The van der Waals surface area contributed by atoms with Crippen molar-refractivity contribution in [3.63, 3.8) is 0 Å². The molecule has 0 unspecified atom stereocenters. The van der Waals surface area contributed by atoms with Crippen LogP contribution < -0.4 is 0 Å². The fraction of sp³-hybridized carbons (Fsp3) is 0.133. The largest absolute Gasteiger partial charge is 0.207 e. The van der Waals surface area contributed by atoms with Crippen molar-refractivity contribution in [3.05, 3.63) is 59.2 Å². The quantitative estimate of drug-likeness (QED) is 0.781. The molecule has 2 rings (SSSR count). The van der Waals surface area contributed by atoms with Crippen LogP contribution in [-0.2, 0) is 6.42 Å². The molecule has 18 heavy (non-hydrogen) atoms. The van der Waals surface area contributed by atoms with E-state index in [0.29, 0.717) is 12.0 Å². The number of halogens is 2. The van der Waals surface area contributed by atoms with Crippen molar-refractivity contribution < 1.29 is 8.78 Å². The number of nitrogens with zero attached hydrogens (tertiary/aromatic N) is 1. The molecule has 0 radical (unpaired) electrons. The van der Waals surface area contributed by atoms with Crippen LogP contribution in [0, 0.1) is 29.9 Å². The molecule has 3 heteroatoms. The first-order chi connectivity index (χ1) is 8.60. The zero-order valence-corrected chi connectivity index (χ0v) is 9.87. The lowest BCUT2D eigenvalue weighted by molar-refractivity contribution is 0.584. The molecule has 0 fully saturated rings.